The maximum atomic E-state index is 13.9. The molecule has 27 heavy (non-hydrogen) atoms. The Morgan fingerprint density at radius 2 is 2.00 bits per heavy atom. The molecule has 1 unspecified atom stereocenters. The molecule has 9 heteroatoms. The molecule has 3 rings (SSSR count). The Bertz CT molecular complexity index is 809. The first-order valence-corrected chi connectivity index (χ1v) is 8.56. The highest BCUT2D eigenvalue weighted by Crippen LogP contribution is 2.27. The van der Waals surface area contributed by atoms with E-state index in [-0.39, 0.29) is 17.6 Å². The smallest absolute Gasteiger partial charge is 0.353 e. The van der Waals surface area contributed by atoms with Crippen LogP contribution in [0.15, 0.2) is 24.4 Å². The average molecular weight is 386 g/mol. The summed E-state index contributed by atoms with van der Waals surface area (Å²) < 4.78 is 64.9. The molecule has 146 valence electrons. The predicted octanol–water partition coefficient (Wildman–Crippen LogP) is 4.17. The van der Waals surface area contributed by atoms with Gasteiger partial charge in [0.25, 0.3) is 0 Å². The van der Waals surface area contributed by atoms with Gasteiger partial charge in [-0.2, -0.15) is 13.2 Å². The van der Waals surface area contributed by atoms with Crippen LogP contribution in [0.5, 0.6) is 0 Å². The van der Waals surface area contributed by atoms with E-state index >= 15 is 0 Å². The molecule has 0 amide bonds. The fraction of sp³-hybridized carbons (Fsp3) is 0.444. The largest absolute Gasteiger partial charge is 0.401 e. The van der Waals surface area contributed by atoms with Gasteiger partial charge in [0.2, 0.25) is 5.95 Å². The molecule has 2 heterocycles. The van der Waals surface area contributed by atoms with Crippen LogP contribution in [0.25, 0.3) is 11.1 Å². The van der Waals surface area contributed by atoms with Crippen LogP contribution in [0.4, 0.5) is 27.9 Å². The predicted molar refractivity (Wildman–Crippen MR) is 91.3 cm³/mol. The summed E-state index contributed by atoms with van der Waals surface area (Å²) in [4.78, 5) is 9.77. The summed E-state index contributed by atoms with van der Waals surface area (Å²) in [7, 11) is 0. The lowest BCUT2D eigenvalue weighted by Crippen LogP contribution is -2.41. The highest BCUT2D eigenvalue weighted by atomic mass is 19.4. The minimum Gasteiger partial charge on any atom is -0.353 e. The molecule has 1 atom stereocenters. The van der Waals surface area contributed by atoms with E-state index in [2.05, 4.69) is 15.3 Å². The van der Waals surface area contributed by atoms with Gasteiger partial charge in [-0.15, -0.1) is 0 Å². The van der Waals surface area contributed by atoms with Crippen LogP contribution in [0.3, 0.4) is 0 Å². The molecule has 1 N–H and O–H groups in total. The Morgan fingerprint density at radius 1 is 1.22 bits per heavy atom. The SMILES string of the molecule is Cc1nc(NCC2CCCN2CC(F)(F)F)ncc1-c1ccc(F)cc1F. The van der Waals surface area contributed by atoms with Gasteiger partial charge in [-0.1, -0.05) is 0 Å². The Hall–Kier alpha value is -2.29. The fourth-order valence-electron chi connectivity index (χ4n) is 3.30. The number of halogens is 5. The molecule has 1 aromatic heterocycles. The molecule has 1 aliphatic heterocycles. The lowest BCUT2D eigenvalue weighted by atomic mass is 10.1. The maximum Gasteiger partial charge on any atom is 0.401 e. The van der Waals surface area contributed by atoms with Crippen molar-refractivity contribution in [2.45, 2.75) is 32.0 Å². The molecule has 1 fully saturated rings. The summed E-state index contributed by atoms with van der Waals surface area (Å²) in [5.41, 5.74) is 1.10. The van der Waals surface area contributed by atoms with Crippen molar-refractivity contribution in [1.29, 1.82) is 0 Å². The van der Waals surface area contributed by atoms with Gasteiger partial charge in [0.15, 0.2) is 0 Å². The Labute approximate surface area is 153 Å². The van der Waals surface area contributed by atoms with E-state index in [1.165, 1.54) is 17.2 Å². The van der Waals surface area contributed by atoms with Crippen LogP contribution in [0.2, 0.25) is 0 Å². The van der Waals surface area contributed by atoms with Crippen LogP contribution in [-0.4, -0.2) is 46.7 Å². The van der Waals surface area contributed by atoms with E-state index < -0.39 is 24.4 Å². The van der Waals surface area contributed by atoms with Crippen molar-refractivity contribution in [3.8, 4) is 11.1 Å². The zero-order chi connectivity index (χ0) is 19.6. The topological polar surface area (TPSA) is 41.1 Å². The highest BCUT2D eigenvalue weighted by Gasteiger charge is 2.35. The molecular formula is C18H19F5N4. The summed E-state index contributed by atoms with van der Waals surface area (Å²) >= 11 is 0. The number of alkyl halides is 3. The summed E-state index contributed by atoms with van der Waals surface area (Å²) in [6.45, 7) is 1.44. The van der Waals surface area contributed by atoms with E-state index in [9.17, 15) is 22.0 Å². The Balaban J connectivity index is 1.67. The molecule has 1 aromatic carbocycles. The number of likely N-dealkylation sites (tertiary alicyclic amines) is 1. The van der Waals surface area contributed by atoms with Crippen molar-refractivity contribution in [3.63, 3.8) is 0 Å². The number of aromatic nitrogens is 2. The summed E-state index contributed by atoms with van der Waals surface area (Å²) in [5.74, 6) is -1.12. The van der Waals surface area contributed by atoms with E-state index in [1.54, 1.807) is 6.92 Å². The number of hydrogen-bond acceptors (Lipinski definition) is 4. The first kappa shape index (κ1) is 19.5. The second kappa shape index (κ2) is 7.75. The molecule has 0 radical (unpaired) electrons. The average Bonchev–Trinajstić information content (AvgIpc) is 2.99. The maximum absolute atomic E-state index is 13.9. The van der Waals surface area contributed by atoms with Gasteiger partial charge in [-0.3, -0.25) is 4.90 Å². The van der Waals surface area contributed by atoms with Crippen molar-refractivity contribution in [3.05, 3.63) is 41.7 Å². The molecule has 0 aliphatic carbocycles. The van der Waals surface area contributed by atoms with Crippen LogP contribution >= 0.6 is 0 Å². The van der Waals surface area contributed by atoms with Crippen molar-refractivity contribution in [1.82, 2.24) is 14.9 Å². The third kappa shape index (κ3) is 4.91. The number of anilines is 1. The van der Waals surface area contributed by atoms with E-state index in [0.29, 0.717) is 37.2 Å². The third-order valence-electron chi connectivity index (χ3n) is 4.58. The van der Waals surface area contributed by atoms with E-state index in [1.807, 2.05) is 0 Å². The summed E-state index contributed by atoms with van der Waals surface area (Å²) in [6, 6.07) is 3.01. The van der Waals surface area contributed by atoms with Crippen molar-refractivity contribution >= 4 is 5.95 Å². The lowest BCUT2D eigenvalue weighted by Gasteiger charge is -2.25. The van der Waals surface area contributed by atoms with Gasteiger partial charge in [0.1, 0.15) is 11.6 Å². The lowest BCUT2D eigenvalue weighted by molar-refractivity contribution is -0.147. The number of nitrogens with one attached hydrogen (secondary N) is 1. The second-order valence-corrected chi connectivity index (χ2v) is 6.58. The first-order valence-electron chi connectivity index (χ1n) is 8.56. The minimum absolute atomic E-state index is 0.188. The van der Waals surface area contributed by atoms with Gasteiger partial charge >= 0.3 is 6.18 Å². The molecular weight excluding hydrogens is 367 g/mol. The molecule has 0 saturated carbocycles. The molecule has 0 spiro atoms. The number of rotatable bonds is 5. The van der Waals surface area contributed by atoms with Gasteiger partial charge in [-0.05, 0) is 38.4 Å². The highest BCUT2D eigenvalue weighted by molar-refractivity contribution is 5.66. The number of aryl methyl sites for hydroxylation is 1. The van der Waals surface area contributed by atoms with Gasteiger partial charge in [0.05, 0.1) is 12.2 Å². The van der Waals surface area contributed by atoms with Gasteiger partial charge < -0.3 is 5.32 Å². The molecule has 1 aliphatic rings. The minimum atomic E-state index is -4.23. The van der Waals surface area contributed by atoms with Gasteiger partial charge in [0, 0.05) is 36.0 Å². The molecule has 0 bridgehead atoms. The van der Waals surface area contributed by atoms with E-state index in [0.717, 1.165) is 12.1 Å². The quantitative estimate of drug-likeness (QED) is 0.784. The number of nitrogens with zero attached hydrogens (tertiary/aromatic N) is 3. The summed E-state index contributed by atoms with van der Waals surface area (Å²) in [6.07, 6.45) is -1.42. The zero-order valence-electron chi connectivity index (χ0n) is 14.7. The fourth-order valence-corrected chi connectivity index (χ4v) is 3.30. The van der Waals surface area contributed by atoms with Crippen molar-refractivity contribution < 1.29 is 22.0 Å². The van der Waals surface area contributed by atoms with Crippen LogP contribution in [0, 0.1) is 18.6 Å². The van der Waals surface area contributed by atoms with E-state index in [4.69, 9.17) is 0 Å². The molecule has 1 saturated heterocycles. The standard InChI is InChI=1S/C18H19F5N4/c1-11-15(14-5-4-12(19)7-16(14)20)9-25-17(26-11)24-8-13-3-2-6-27(13)10-18(21,22)23/h4-5,7,9,13H,2-3,6,8,10H2,1H3,(H,24,25,26). The first-order chi connectivity index (χ1) is 12.7. The van der Waals surface area contributed by atoms with Crippen molar-refractivity contribution in [2.75, 3.05) is 25.0 Å². The van der Waals surface area contributed by atoms with Crippen LogP contribution in [0.1, 0.15) is 18.5 Å². The normalized spacial score (nSPS) is 18.1. The van der Waals surface area contributed by atoms with Crippen LogP contribution < -0.4 is 5.32 Å². The third-order valence-corrected chi connectivity index (χ3v) is 4.58. The van der Waals surface area contributed by atoms with Gasteiger partial charge in [-0.25, -0.2) is 18.7 Å². The number of hydrogen-bond donors (Lipinski definition) is 1. The summed E-state index contributed by atoms with van der Waals surface area (Å²) in [5, 5.41) is 2.96. The van der Waals surface area contributed by atoms with Crippen molar-refractivity contribution in [2.24, 2.45) is 0 Å². The van der Waals surface area contributed by atoms with Crippen LogP contribution in [-0.2, 0) is 0 Å². The molecule has 2 aromatic rings. The number of benzene rings is 1. The zero-order valence-corrected chi connectivity index (χ0v) is 14.7. The molecule has 4 nitrogen and oxygen atoms in total. The Kier molecular flexibility index (Phi) is 5.59. The Morgan fingerprint density at radius 3 is 2.67 bits per heavy atom. The monoisotopic (exact) mass is 386 g/mol. The second-order valence-electron chi connectivity index (χ2n) is 6.58.